The minimum atomic E-state index is 0.115. The zero-order valence-corrected chi connectivity index (χ0v) is 11.2. The second-order valence-corrected chi connectivity index (χ2v) is 4.53. The Morgan fingerprint density at radius 2 is 1.84 bits per heavy atom. The monoisotopic (exact) mass is 256 g/mol. The van der Waals surface area contributed by atoms with Crippen molar-refractivity contribution in [1.29, 1.82) is 0 Å². The molecule has 0 aliphatic heterocycles. The first-order valence-corrected chi connectivity index (χ1v) is 6.67. The molecule has 2 aromatic rings. The molecule has 0 saturated heterocycles. The van der Waals surface area contributed by atoms with Crippen LogP contribution in [-0.4, -0.2) is 22.7 Å². The molecule has 0 aliphatic carbocycles. The molecule has 0 aliphatic rings. The Labute approximate surface area is 114 Å². The fourth-order valence-electron chi connectivity index (χ4n) is 2.16. The zero-order chi connectivity index (χ0) is 13.5. The molecular weight excluding hydrogens is 236 g/mol. The number of pyridine rings is 1. The van der Waals surface area contributed by atoms with Gasteiger partial charge in [-0.05, 0) is 30.7 Å². The number of rotatable bonds is 6. The van der Waals surface area contributed by atoms with Crippen molar-refractivity contribution in [2.24, 2.45) is 0 Å². The molecule has 0 bridgehead atoms. The zero-order valence-electron chi connectivity index (χ0n) is 11.2. The number of hydrogen-bond donors (Lipinski definition) is 1. The Hall–Kier alpha value is -1.87. The molecule has 0 spiro atoms. The Morgan fingerprint density at radius 3 is 2.42 bits per heavy atom. The largest absolute Gasteiger partial charge is 0.394 e. The van der Waals surface area contributed by atoms with E-state index in [1.54, 1.807) is 6.20 Å². The molecule has 1 aromatic heterocycles. The van der Waals surface area contributed by atoms with Crippen molar-refractivity contribution in [1.82, 2.24) is 4.98 Å². The van der Waals surface area contributed by atoms with E-state index in [2.05, 4.69) is 28.9 Å². The molecule has 1 N–H and O–H groups in total. The van der Waals surface area contributed by atoms with Crippen LogP contribution in [0, 0.1) is 0 Å². The maximum Gasteiger partial charge on any atom is 0.0635 e. The van der Waals surface area contributed by atoms with Gasteiger partial charge in [0, 0.05) is 11.9 Å². The quantitative estimate of drug-likeness (QED) is 0.863. The third-order valence-electron chi connectivity index (χ3n) is 3.27. The molecule has 0 fully saturated rings. The van der Waals surface area contributed by atoms with Crippen molar-refractivity contribution in [3.63, 3.8) is 0 Å². The second kappa shape index (κ2) is 6.90. The van der Waals surface area contributed by atoms with Crippen molar-refractivity contribution in [3.05, 3.63) is 60.4 Å². The smallest absolute Gasteiger partial charge is 0.0635 e. The maximum atomic E-state index is 9.57. The molecule has 1 heterocycles. The predicted molar refractivity (Wildman–Crippen MR) is 78.0 cm³/mol. The number of aliphatic hydroxyl groups is 1. The summed E-state index contributed by atoms with van der Waals surface area (Å²) in [6, 6.07) is 16.2. The van der Waals surface area contributed by atoms with Gasteiger partial charge in [0.1, 0.15) is 0 Å². The van der Waals surface area contributed by atoms with Crippen molar-refractivity contribution < 1.29 is 5.11 Å². The Kier molecular flexibility index (Phi) is 4.93. The van der Waals surface area contributed by atoms with Gasteiger partial charge in [-0.3, -0.25) is 4.98 Å². The summed E-state index contributed by atoms with van der Waals surface area (Å²) in [5.41, 5.74) is 2.13. The summed E-state index contributed by atoms with van der Waals surface area (Å²) in [4.78, 5) is 6.58. The SMILES string of the molecule is CCC(CO)N(Cc1ccccn1)c1ccccc1. The van der Waals surface area contributed by atoms with Gasteiger partial charge in [-0.25, -0.2) is 0 Å². The van der Waals surface area contributed by atoms with Crippen LogP contribution in [0.4, 0.5) is 5.69 Å². The molecule has 19 heavy (non-hydrogen) atoms. The maximum absolute atomic E-state index is 9.57. The molecule has 2 rings (SSSR count). The molecule has 3 nitrogen and oxygen atoms in total. The highest BCUT2D eigenvalue weighted by Crippen LogP contribution is 2.20. The first-order chi connectivity index (χ1) is 9.35. The van der Waals surface area contributed by atoms with Gasteiger partial charge in [-0.1, -0.05) is 31.2 Å². The molecule has 100 valence electrons. The topological polar surface area (TPSA) is 36.4 Å². The fraction of sp³-hybridized carbons (Fsp3) is 0.312. The summed E-state index contributed by atoms with van der Waals surface area (Å²) < 4.78 is 0. The lowest BCUT2D eigenvalue weighted by atomic mass is 10.1. The second-order valence-electron chi connectivity index (χ2n) is 4.53. The van der Waals surface area contributed by atoms with Crippen LogP contribution in [0.15, 0.2) is 54.7 Å². The molecule has 1 unspecified atom stereocenters. The lowest BCUT2D eigenvalue weighted by Crippen LogP contribution is -2.37. The lowest BCUT2D eigenvalue weighted by molar-refractivity contribution is 0.255. The number of anilines is 1. The Bertz CT molecular complexity index is 469. The lowest BCUT2D eigenvalue weighted by Gasteiger charge is -2.31. The van der Waals surface area contributed by atoms with E-state index in [0.717, 1.165) is 17.8 Å². The first-order valence-electron chi connectivity index (χ1n) is 6.67. The number of aliphatic hydroxyl groups excluding tert-OH is 1. The van der Waals surface area contributed by atoms with E-state index in [9.17, 15) is 5.11 Å². The van der Waals surface area contributed by atoms with Gasteiger partial charge in [0.25, 0.3) is 0 Å². The van der Waals surface area contributed by atoms with Crippen LogP contribution in [-0.2, 0) is 6.54 Å². The third kappa shape index (κ3) is 3.55. The van der Waals surface area contributed by atoms with E-state index in [-0.39, 0.29) is 12.6 Å². The number of aromatic nitrogens is 1. The van der Waals surface area contributed by atoms with E-state index < -0.39 is 0 Å². The van der Waals surface area contributed by atoms with Crippen LogP contribution in [0.1, 0.15) is 19.0 Å². The average Bonchev–Trinajstić information content (AvgIpc) is 2.49. The van der Waals surface area contributed by atoms with Gasteiger partial charge in [-0.15, -0.1) is 0 Å². The van der Waals surface area contributed by atoms with Crippen LogP contribution in [0.3, 0.4) is 0 Å². The summed E-state index contributed by atoms with van der Waals surface area (Å²) in [5.74, 6) is 0. The Morgan fingerprint density at radius 1 is 1.11 bits per heavy atom. The molecule has 3 heteroatoms. The molecular formula is C16H20N2O. The van der Waals surface area contributed by atoms with Crippen molar-refractivity contribution in [2.45, 2.75) is 25.9 Å². The highest BCUT2D eigenvalue weighted by Gasteiger charge is 2.17. The summed E-state index contributed by atoms with van der Waals surface area (Å²) in [6.07, 6.45) is 2.70. The van der Waals surface area contributed by atoms with E-state index >= 15 is 0 Å². The van der Waals surface area contributed by atoms with Gasteiger partial charge in [0.2, 0.25) is 0 Å². The average molecular weight is 256 g/mol. The summed E-state index contributed by atoms with van der Waals surface area (Å²) in [5, 5.41) is 9.57. The van der Waals surface area contributed by atoms with Gasteiger partial charge < -0.3 is 10.0 Å². The minimum absolute atomic E-state index is 0.115. The van der Waals surface area contributed by atoms with Crippen LogP contribution >= 0.6 is 0 Å². The molecule has 1 aromatic carbocycles. The van der Waals surface area contributed by atoms with Gasteiger partial charge in [0.05, 0.1) is 24.9 Å². The van der Waals surface area contributed by atoms with Crippen LogP contribution in [0.5, 0.6) is 0 Å². The van der Waals surface area contributed by atoms with E-state index in [1.807, 2.05) is 36.4 Å². The summed E-state index contributed by atoms with van der Waals surface area (Å²) in [7, 11) is 0. The van der Waals surface area contributed by atoms with Crippen molar-refractivity contribution in [2.75, 3.05) is 11.5 Å². The van der Waals surface area contributed by atoms with Crippen molar-refractivity contribution in [3.8, 4) is 0 Å². The third-order valence-corrected chi connectivity index (χ3v) is 3.27. The molecule has 0 radical (unpaired) electrons. The molecule has 0 amide bonds. The Balaban J connectivity index is 2.24. The fourth-order valence-corrected chi connectivity index (χ4v) is 2.16. The van der Waals surface area contributed by atoms with E-state index in [0.29, 0.717) is 6.54 Å². The van der Waals surface area contributed by atoms with Crippen molar-refractivity contribution >= 4 is 5.69 Å². The number of para-hydroxylation sites is 1. The minimum Gasteiger partial charge on any atom is -0.394 e. The number of benzene rings is 1. The normalized spacial score (nSPS) is 12.1. The summed E-state index contributed by atoms with van der Waals surface area (Å²) >= 11 is 0. The van der Waals surface area contributed by atoms with Crippen LogP contribution < -0.4 is 4.90 Å². The number of nitrogens with zero attached hydrogens (tertiary/aromatic N) is 2. The van der Waals surface area contributed by atoms with E-state index in [4.69, 9.17) is 0 Å². The molecule has 1 atom stereocenters. The van der Waals surface area contributed by atoms with Gasteiger partial charge in [0.15, 0.2) is 0 Å². The highest BCUT2D eigenvalue weighted by molar-refractivity contribution is 5.47. The summed E-state index contributed by atoms with van der Waals surface area (Å²) in [6.45, 7) is 2.96. The van der Waals surface area contributed by atoms with Gasteiger partial charge >= 0.3 is 0 Å². The van der Waals surface area contributed by atoms with Crippen LogP contribution in [0.2, 0.25) is 0 Å². The van der Waals surface area contributed by atoms with Gasteiger partial charge in [-0.2, -0.15) is 0 Å². The predicted octanol–water partition coefficient (Wildman–Crippen LogP) is 2.86. The first kappa shape index (κ1) is 13.6. The van der Waals surface area contributed by atoms with E-state index in [1.165, 1.54) is 0 Å². The standard InChI is InChI=1S/C16H20N2O/c1-2-15(13-19)18(16-9-4-3-5-10-16)12-14-8-6-7-11-17-14/h3-11,15,19H,2,12-13H2,1H3. The number of hydrogen-bond acceptors (Lipinski definition) is 3. The highest BCUT2D eigenvalue weighted by atomic mass is 16.3. The van der Waals surface area contributed by atoms with Crippen LogP contribution in [0.25, 0.3) is 0 Å². The molecule has 0 saturated carbocycles.